The number of aliphatic hydroxyl groups excluding tert-OH is 2. The van der Waals surface area contributed by atoms with Crippen molar-refractivity contribution in [3.05, 3.63) is 0 Å². The van der Waals surface area contributed by atoms with Crippen molar-refractivity contribution in [1.82, 2.24) is 0 Å². The van der Waals surface area contributed by atoms with E-state index in [1.807, 2.05) is 0 Å². The minimum atomic E-state index is -0.0642. The van der Waals surface area contributed by atoms with Gasteiger partial charge in [0.15, 0.2) is 0 Å². The average molecular weight is 577 g/mol. The summed E-state index contributed by atoms with van der Waals surface area (Å²) < 4.78 is 0. The molecule has 8 rings (SSSR count). The molecule has 0 unspecified atom stereocenters. The topological polar surface area (TPSA) is 65.2 Å². The molecule has 0 bridgehead atoms. The molecular weight excluding hydrogens is 516 g/mol. The van der Waals surface area contributed by atoms with Gasteiger partial charge in [-0.1, -0.05) is 27.7 Å². The molecule has 8 fully saturated rings. The molecule has 0 spiro atoms. The maximum Gasteiger partial charge on any atom is 0.0596 e. The molecule has 0 saturated heterocycles. The first-order chi connectivity index (χ1) is 20.1. The quantitative estimate of drug-likeness (QED) is 0.307. The number of hydrogen-bond acceptors (Lipinski definition) is 4. The van der Waals surface area contributed by atoms with Gasteiger partial charge in [-0.25, -0.2) is 0 Å². The first-order valence-corrected chi connectivity index (χ1v) is 18.5. The van der Waals surface area contributed by atoms with Crippen molar-refractivity contribution in [2.75, 3.05) is 0 Å². The van der Waals surface area contributed by atoms with Gasteiger partial charge in [0.05, 0.1) is 12.2 Å². The third kappa shape index (κ3) is 3.97. The van der Waals surface area contributed by atoms with E-state index in [-0.39, 0.29) is 23.0 Å². The van der Waals surface area contributed by atoms with Crippen LogP contribution >= 0.6 is 0 Å². The lowest BCUT2D eigenvalue weighted by Gasteiger charge is -2.60. The molecule has 0 aliphatic heterocycles. The molecule has 42 heavy (non-hydrogen) atoms. The molecule has 8 aliphatic rings. The van der Waals surface area contributed by atoms with Crippen molar-refractivity contribution in [2.45, 2.75) is 155 Å². The Balaban J connectivity index is 0.928. The normalized spacial score (nSPS) is 58.9. The molecule has 14 atom stereocenters. The van der Waals surface area contributed by atoms with Crippen LogP contribution in [0.2, 0.25) is 0 Å². The fourth-order valence-corrected chi connectivity index (χ4v) is 14.4. The van der Waals surface area contributed by atoms with Gasteiger partial charge >= 0.3 is 0 Å². The zero-order valence-electron chi connectivity index (χ0n) is 27.3. The Morgan fingerprint density at radius 2 is 0.881 bits per heavy atom. The van der Waals surface area contributed by atoms with Crippen molar-refractivity contribution in [1.29, 1.82) is 0 Å². The average Bonchev–Trinajstić information content (AvgIpc) is 3.46. The summed E-state index contributed by atoms with van der Waals surface area (Å²) in [6.07, 6.45) is 22.3. The largest absolute Gasteiger partial charge is 0.393 e. The molecule has 0 aromatic carbocycles. The van der Waals surface area contributed by atoms with Crippen molar-refractivity contribution < 1.29 is 10.2 Å². The second-order valence-electron chi connectivity index (χ2n) is 18.3. The SMILES string of the molecule is C[C@]12CC/C(=N\N=C3\CC[C@@]4(C)[C@H](CC[C@H]5[C@@H]4CC[C@]4(C)[C@@H](O)CC[C@@H]54)C3)C[C@H]1CC[C@H]1[C@H]2CC[C@@]2(C)[C@@H]1CC[C@@H]2O. The van der Waals surface area contributed by atoms with E-state index in [1.165, 1.54) is 101 Å². The van der Waals surface area contributed by atoms with Crippen LogP contribution in [0.25, 0.3) is 0 Å². The van der Waals surface area contributed by atoms with Gasteiger partial charge in [0.25, 0.3) is 0 Å². The van der Waals surface area contributed by atoms with Crippen LogP contribution in [-0.4, -0.2) is 33.8 Å². The van der Waals surface area contributed by atoms with E-state index in [1.54, 1.807) is 0 Å². The summed E-state index contributed by atoms with van der Waals surface area (Å²) >= 11 is 0. The number of hydrogen-bond donors (Lipinski definition) is 2. The first kappa shape index (κ1) is 28.7. The third-order valence-corrected chi connectivity index (χ3v) is 17.2. The van der Waals surface area contributed by atoms with Crippen LogP contribution in [0.1, 0.15) is 143 Å². The Morgan fingerprint density at radius 1 is 0.476 bits per heavy atom. The summed E-state index contributed by atoms with van der Waals surface area (Å²) in [5, 5.41) is 31.7. The van der Waals surface area contributed by atoms with E-state index in [4.69, 9.17) is 10.2 Å². The van der Waals surface area contributed by atoms with Crippen LogP contribution in [-0.2, 0) is 0 Å². The number of fused-ring (bicyclic) bond motifs is 10. The van der Waals surface area contributed by atoms with E-state index >= 15 is 0 Å². The second-order valence-corrected chi connectivity index (χ2v) is 18.3. The van der Waals surface area contributed by atoms with E-state index in [2.05, 4.69) is 27.7 Å². The molecule has 4 heteroatoms. The highest BCUT2D eigenvalue weighted by Crippen LogP contribution is 2.67. The molecule has 234 valence electrons. The predicted octanol–water partition coefficient (Wildman–Crippen LogP) is 8.59. The molecular formula is C38H60N2O2. The maximum atomic E-state index is 10.8. The fraction of sp³-hybridized carbons (Fsp3) is 0.947. The molecule has 8 aliphatic carbocycles. The van der Waals surface area contributed by atoms with Gasteiger partial charge in [-0.05, 0) is 185 Å². The van der Waals surface area contributed by atoms with E-state index in [0.717, 1.165) is 73.0 Å². The van der Waals surface area contributed by atoms with Gasteiger partial charge in [0, 0.05) is 11.4 Å². The maximum absolute atomic E-state index is 10.8. The van der Waals surface area contributed by atoms with Crippen LogP contribution in [0.4, 0.5) is 0 Å². The predicted molar refractivity (Wildman–Crippen MR) is 170 cm³/mol. The van der Waals surface area contributed by atoms with Crippen molar-refractivity contribution in [2.24, 2.45) is 79.2 Å². The van der Waals surface area contributed by atoms with Crippen molar-refractivity contribution in [3.63, 3.8) is 0 Å². The van der Waals surface area contributed by atoms with Crippen LogP contribution in [0, 0.1) is 69.0 Å². The number of rotatable bonds is 1. The lowest BCUT2D eigenvalue weighted by atomic mass is 9.45. The summed E-state index contributed by atoms with van der Waals surface area (Å²) in [5.41, 5.74) is 4.08. The Morgan fingerprint density at radius 3 is 1.31 bits per heavy atom. The van der Waals surface area contributed by atoms with Crippen LogP contribution in [0.5, 0.6) is 0 Å². The fourth-order valence-electron chi connectivity index (χ4n) is 14.4. The molecule has 2 N–H and O–H groups in total. The summed E-state index contributed by atoms with van der Waals surface area (Å²) in [6, 6.07) is 0. The molecule has 0 heterocycles. The standard InChI is InChI=1S/C38H60N2O2/c1-35-17-13-25(21-23(35)5-7-27-29-9-11-33(41)37(29,3)19-15-31(27)35)39-40-26-14-18-36(2)24(22-26)6-8-28-30-10-12-34(42)38(30,4)20-16-32(28)36/h23-24,27-34,41-42H,5-22H2,1-4H3/b39-25-,40-26+/t23-,24-,27-,28-,29+,30-,31+,32-,33+,34+,35+,36+,37+,38+/m1/s1. The lowest BCUT2D eigenvalue weighted by molar-refractivity contribution is -0.112. The molecule has 8 saturated carbocycles. The van der Waals surface area contributed by atoms with E-state index in [0.29, 0.717) is 10.8 Å². The Kier molecular flexibility index (Phi) is 6.75. The van der Waals surface area contributed by atoms with Crippen molar-refractivity contribution >= 4 is 11.4 Å². The lowest BCUT2D eigenvalue weighted by Crippen LogP contribution is -2.54. The van der Waals surface area contributed by atoms with Gasteiger partial charge < -0.3 is 10.2 Å². The Labute approximate surface area is 256 Å². The zero-order valence-corrected chi connectivity index (χ0v) is 27.3. The van der Waals surface area contributed by atoms with E-state index in [9.17, 15) is 10.2 Å². The molecule has 0 amide bonds. The highest BCUT2D eigenvalue weighted by Gasteiger charge is 2.61. The second kappa shape index (κ2) is 9.88. The summed E-state index contributed by atoms with van der Waals surface area (Å²) in [6.45, 7) is 10.1. The zero-order chi connectivity index (χ0) is 29.1. The molecule has 0 aromatic heterocycles. The Hall–Kier alpha value is -0.740. The molecule has 0 radical (unpaired) electrons. The monoisotopic (exact) mass is 576 g/mol. The summed E-state index contributed by atoms with van der Waals surface area (Å²) in [5.74, 6) is 6.43. The molecule has 4 nitrogen and oxygen atoms in total. The van der Waals surface area contributed by atoms with Crippen LogP contribution < -0.4 is 0 Å². The van der Waals surface area contributed by atoms with Crippen LogP contribution in [0.15, 0.2) is 10.2 Å². The van der Waals surface area contributed by atoms with Crippen LogP contribution in [0.3, 0.4) is 0 Å². The minimum Gasteiger partial charge on any atom is -0.393 e. The highest BCUT2D eigenvalue weighted by molar-refractivity contribution is 5.89. The minimum absolute atomic E-state index is 0.0642. The first-order valence-electron chi connectivity index (χ1n) is 18.5. The van der Waals surface area contributed by atoms with Gasteiger partial charge in [-0.2, -0.15) is 10.2 Å². The summed E-state index contributed by atoms with van der Waals surface area (Å²) in [7, 11) is 0. The molecule has 0 aromatic rings. The van der Waals surface area contributed by atoms with Gasteiger partial charge in [0.1, 0.15) is 0 Å². The number of aliphatic hydroxyl groups is 2. The number of nitrogens with zero attached hydrogens (tertiary/aromatic N) is 2. The van der Waals surface area contributed by atoms with Gasteiger partial charge in [-0.3, -0.25) is 0 Å². The van der Waals surface area contributed by atoms with Gasteiger partial charge in [-0.15, -0.1) is 0 Å². The van der Waals surface area contributed by atoms with E-state index < -0.39 is 0 Å². The highest BCUT2D eigenvalue weighted by atomic mass is 16.3. The third-order valence-electron chi connectivity index (χ3n) is 17.2. The van der Waals surface area contributed by atoms with Gasteiger partial charge in [0.2, 0.25) is 0 Å². The summed E-state index contributed by atoms with van der Waals surface area (Å²) in [4.78, 5) is 0. The van der Waals surface area contributed by atoms with Crippen molar-refractivity contribution in [3.8, 4) is 0 Å². The smallest absolute Gasteiger partial charge is 0.0596 e. The Bertz CT molecular complexity index is 1060.